The van der Waals surface area contributed by atoms with E-state index in [2.05, 4.69) is 5.32 Å². The van der Waals surface area contributed by atoms with Gasteiger partial charge in [0.1, 0.15) is 0 Å². The van der Waals surface area contributed by atoms with Gasteiger partial charge < -0.3 is 10.1 Å². The first-order chi connectivity index (χ1) is 12.3. The molecule has 2 bridgehead atoms. The highest BCUT2D eigenvalue weighted by atomic mass is 32.2. The fourth-order valence-corrected chi connectivity index (χ4v) is 4.54. The lowest BCUT2D eigenvalue weighted by Gasteiger charge is -2.19. The molecule has 26 heavy (non-hydrogen) atoms. The van der Waals surface area contributed by atoms with Crippen LogP contribution in [0, 0.1) is 17.8 Å². The number of nitrogens with two attached hydrogens (primary N) is 1. The summed E-state index contributed by atoms with van der Waals surface area (Å²) >= 11 is 0. The van der Waals surface area contributed by atoms with Crippen molar-refractivity contribution in [2.45, 2.75) is 37.0 Å². The lowest BCUT2D eigenvalue weighted by atomic mass is 9.89. The van der Waals surface area contributed by atoms with Gasteiger partial charge in [0.25, 0.3) is 5.91 Å². The first-order valence-electron chi connectivity index (χ1n) is 8.88. The predicted octanol–water partition coefficient (Wildman–Crippen LogP) is 0.972. The van der Waals surface area contributed by atoms with Crippen molar-refractivity contribution < 1.29 is 22.7 Å². The zero-order chi connectivity index (χ0) is 18.7. The second kappa shape index (κ2) is 7.75. The summed E-state index contributed by atoms with van der Waals surface area (Å²) in [7, 11) is -3.70. The Bertz CT molecular complexity index is 775. The topological polar surface area (TPSA) is 116 Å². The highest BCUT2D eigenvalue weighted by molar-refractivity contribution is 7.89. The smallest absolute Gasteiger partial charge is 0.309 e. The summed E-state index contributed by atoms with van der Waals surface area (Å²) in [6.45, 7) is 0.121. The Labute approximate surface area is 153 Å². The van der Waals surface area contributed by atoms with Crippen LogP contribution in [-0.4, -0.2) is 33.4 Å². The molecular weight excluding hydrogens is 356 g/mol. The van der Waals surface area contributed by atoms with Crippen LogP contribution >= 0.6 is 0 Å². The summed E-state index contributed by atoms with van der Waals surface area (Å²) in [4.78, 5) is 24.0. The van der Waals surface area contributed by atoms with E-state index in [9.17, 15) is 18.0 Å². The molecule has 3 unspecified atom stereocenters. The van der Waals surface area contributed by atoms with Gasteiger partial charge in [-0.15, -0.1) is 0 Å². The van der Waals surface area contributed by atoms with Crippen LogP contribution in [0.15, 0.2) is 29.2 Å². The quantitative estimate of drug-likeness (QED) is 0.684. The molecule has 2 aliphatic rings. The fraction of sp³-hybridized carbons (Fsp3) is 0.556. The minimum absolute atomic E-state index is 0.0288. The Morgan fingerprint density at radius 1 is 1.15 bits per heavy atom. The van der Waals surface area contributed by atoms with E-state index in [0.29, 0.717) is 24.8 Å². The highest BCUT2D eigenvalue weighted by Gasteiger charge is 2.43. The normalized spacial score (nSPS) is 24.4. The standard InChI is InChI=1S/C18H24N2O5S/c19-26(23,24)15-5-2-12(3-6-15)7-8-20-17(21)11-25-18(22)16-10-13-1-4-14(16)9-13/h2-3,5-6,13-14,16H,1,4,7-11H2,(H,20,21)(H2,19,23,24). The van der Waals surface area contributed by atoms with Gasteiger partial charge >= 0.3 is 5.97 Å². The van der Waals surface area contributed by atoms with Gasteiger partial charge in [0, 0.05) is 6.54 Å². The van der Waals surface area contributed by atoms with Crippen molar-refractivity contribution in [3.05, 3.63) is 29.8 Å². The summed E-state index contributed by atoms with van der Waals surface area (Å²) in [6, 6.07) is 6.18. The van der Waals surface area contributed by atoms with Crippen molar-refractivity contribution in [1.82, 2.24) is 5.32 Å². The van der Waals surface area contributed by atoms with E-state index in [0.717, 1.165) is 24.8 Å². The molecule has 0 spiro atoms. The molecule has 1 amide bonds. The van der Waals surface area contributed by atoms with Crippen LogP contribution in [0.1, 0.15) is 31.2 Å². The molecule has 0 heterocycles. The molecular formula is C18H24N2O5S. The van der Waals surface area contributed by atoms with Gasteiger partial charge in [0.2, 0.25) is 10.0 Å². The number of benzene rings is 1. The summed E-state index contributed by atoms with van der Waals surface area (Å²) in [5.41, 5.74) is 0.872. The van der Waals surface area contributed by atoms with Gasteiger partial charge in [-0.05, 0) is 55.2 Å². The number of ether oxygens (including phenoxy) is 1. The summed E-state index contributed by atoms with van der Waals surface area (Å²) in [6.07, 6.45) is 4.88. The lowest BCUT2D eigenvalue weighted by Crippen LogP contribution is -2.32. The molecule has 2 saturated carbocycles. The Morgan fingerprint density at radius 3 is 2.46 bits per heavy atom. The number of hydrogen-bond acceptors (Lipinski definition) is 5. The molecule has 1 aromatic carbocycles. The number of esters is 1. The molecule has 0 aromatic heterocycles. The predicted molar refractivity (Wildman–Crippen MR) is 94.4 cm³/mol. The van der Waals surface area contributed by atoms with E-state index in [4.69, 9.17) is 9.88 Å². The summed E-state index contributed by atoms with van der Waals surface area (Å²) in [5, 5.41) is 7.74. The van der Waals surface area contributed by atoms with Crippen LogP contribution in [0.25, 0.3) is 0 Å². The maximum atomic E-state index is 12.1. The van der Waals surface area contributed by atoms with Gasteiger partial charge in [0.05, 0.1) is 10.8 Å². The number of primary sulfonamides is 1. The molecule has 3 atom stereocenters. The highest BCUT2D eigenvalue weighted by Crippen LogP contribution is 2.48. The van der Waals surface area contributed by atoms with Crippen LogP contribution in [0.2, 0.25) is 0 Å². The molecule has 8 heteroatoms. The Balaban J connectivity index is 1.36. The van der Waals surface area contributed by atoms with Gasteiger partial charge in [0.15, 0.2) is 6.61 Å². The maximum absolute atomic E-state index is 12.1. The number of carbonyl (C=O) groups is 2. The second-order valence-corrected chi connectivity index (χ2v) is 8.74. The number of fused-ring (bicyclic) bond motifs is 2. The molecule has 0 saturated heterocycles. The first-order valence-corrected chi connectivity index (χ1v) is 10.4. The van der Waals surface area contributed by atoms with Crippen molar-refractivity contribution in [2.24, 2.45) is 22.9 Å². The van der Waals surface area contributed by atoms with Gasteiger partial charge in [-0.2, -0.15) is 0 Å². The molecule has 0 aliphatic heterocycles. The van der Waals surface area contributed by atoms with E-state index < -0.39 is 10.0 Å². The number of carbonyl (C=O) groups excluding carboxylic acids is 2. The Morgan fingerprint density at radius 2 is 1.88 bits per heavy atom. The number of amides is 1. The third-order valence-electron chi connectivity index (χ3n) is 5.37. The van der Waals surface area contributed by atoms with Crippen LogP contribution in [0.4, 0.5) is 0 Å². The SMILES string of the molecule is NS(=O)(=O)c1ccc(CCNC(=O)COC(=O)C2CC3CCC2C3)cc1. The number of hydrogen-bond donors (Lipinski definition) is 2. The second-order valence-electron chi connectivity index (χ2n) is 7.18. The largest absolute Gasteiger partial charge is 0.455 e. The van der Waals surface area contributed by atoms with Crippen LogP contribution < -0.4 is 10.5 Å². The van der Waals surface area contributed by atoms with Crippen molar-refractivity contribution in [2.75, 3.05) is 13.2 Å². The van der Waals surface area contributed by atoms with Gasteiger partial charge in [-0.3, -0.25) is 9.59 Å². The zero-order valence-electron chi connectivity index (χ0n) is 14.5. The van der Waals surface area contributed by atoms with E-state index in [-0.39, 0.29) is 29.3 Å². The first kappa shape index (κ1) is 18.8. The monoisotopic (exact) mass is 380 g/mol. The zero-order valence-corrected chi connectivity index (χ0v) is 15.3. The van der Waals surface area contributed by atoms with E-state index >= 15 is 0 Å². The molecule has 0 radical (unpaired) electrons. The molecule has 3 rings (SSSR count). The van der Waals surface area contributed by atoms with Gasteiger partial charge in [-0.1, -0.05) is 18.6 Å². The van der Waals surface area contributed by atoms with Crippen molar-refractivity contribution in [3.63, 3.8) is 0 Å². The molecule has 3 N–H and O–H groups in total. The maximum Gasteiger partial charge on any atom is 0.309 e. The average molecular weight is 380 g/mol. The minimum atomic E-state index is -3.70. The summed E-state index contributed by atoms with van der Waals surface area (Å²) < 4.78 is 27.5. The van der Waals surface area contributed by atoms with Crippen LogP contribution in [0.3, 0.4) is 0 Å². The third kappa shape index (κ3) is 4.62. The van der Waals surface area contributed by atoms with E-state index in [1.807, 2.05) is 0 Å². The van der Waals surface area contributed by atoms with Crippen molar-refractivity contribution in [1.29, 1.82) is 0 Å². The number of rotatable bonds is 7. The summed E-state index contributed by atoms with van der Waals surface area (Å²) in [5.74, 6) is 0.496. The van der Waals surface area contributed by atoms with Crippen molar-refractivity contribution >= 4 is 21.9 Å². The molecule has 2 aliphatic carbocycles. The minimum Gasteiger partial charge on any atom is -0.455 e. The molecule has 1 aromatic rings. The molecule has 142 valence electrons. The number of nitrogens with one attached hydrogen (secondary N) is 1. The van der Waals surface area contributed by atoms with Crippen molar-refractivity contribution in [3.8, 4) is 0 Å². The third-order valence-corrected chi connectivity index (χ3v) is 6.30. The van der Waals surface area contributed by atoms with Crippen LogP contribution in [-0.2, 0) is 30.8 Å². The van der Waals surface area contributed by atoms with Crippen LogP contribution in [0.5, 0.6) is 0 Å². The van der Waals surface area contributed by atoms with E-state index in [1.165, 1.54) is 18.6 Å². The number of sulfonamides is 1. The lowest BCUT2D eigenvalue weighted by molar-refractivity contribution is -0.154. The van der Waals surface area contributed by atoms with Gasteiger partial charge in [-0.25, -0.2) is 13.6 Å². The molecule has 2 fully saturated rings. The Kier molecular flexibility index (Phi) is 5.62. The van der Waals surface area contributed by atoms with E-state index in [1.54, 1.807) is 12.1 Å². The average Bonchev–Trinajstić information content (AvgIpc) is 3.22. The molecule has 7 nitrogen and oxygen atoms in total. The fourth-order valence-electron chi connectivity index (χ4n) is 4.02. The Hall–Kier alpha value is -1.93.